The number of fused-ring (bicyclic) bond motifs is 2. The molecule has 0 saturated carbocycles. The fourth-order valence-corrected chi connectivity index (χ4v) is 6.98. The first kappa shape index (κ1) is 32.8. The van der Waals surface area contributed by atoms with Crippen LogP contribution in [0, 0.1) is 6.92 Å². The SMILES string of the molecule is CCN1C(=CC=c2sc(=Cc3cc[n+](CC)c4ccccc34)n(CC)c2=O)C=Cc2ccccc21.Cc1ccc(S(=O)(=O)[O-])cc1. The highest BCUT2D eigenvalue weighted by Gasteiger charge is 2.15. The molecular weight excluding hydrogens is 615 g/mol. The molecule has 0 bridgehead atoms. The van der Waals surface area contributed by atoms with Gasteiger partial charge in [-0.25, -0.2) is 8.42 Å². The van der Waals surface area contributed by atoms with Gasteiger partial charge in [0.1, 0.15) is 16.7 Å². The number of hydrogen-bond donors (Lipinski definition) is 0. The monoisotopic (exact) mass is 651 g/mol. The molecule has 0 aliphatic carbocycles. The number of aromatic nitrogens is 2. The van der Waals surface area contributed by atoms with Gasteiger partial charge in [0.2, 0.25) is 5.52 Å². The summed E-state index contributed by atoms with van der Waals surface area (Å²) < 4.78 is 37.0. The molecule has 5 aromatic rings. The van der Waals surface area contributed by atoms with E-state index in [9.17, 15) is 17.8 Å². The van der Waals surface area contributed by atoms with Crippen LogP contribution in [-0.4, -0.2) is 24.1 Å². The molecular formula is C37H37N3O4S2. The zero-order valence-corrected chi connectivity index (χ0v) is 28.0. The first-order valence-electron chi connectivity index (χ1n) is 15.3. The van der Waals surface area contributed by atoms with E-state index in [0.29, 0.717) is 6.54 Å². The van der Waals surface area contributed by atoms with Crippen molar-refractivity contribution >= 4 is 56.3 Å². The number of anilines is 1. The van der Waals surface area contributed by atoms with Crippen LogP contribution in [0.5, 0.6) is 0 Å². The summed E-state index contributed by atoms with van der Waals surface area (Å²) in [6, 6.07) is 24.8. The van der Waals surface area contributed by atoms with Crippen LogP contribution in [0.4, 0.5) is 5.69 Å². The van der Waals surface area contributed by atoms with Crippen molar-refractivity contribution < 1.29 is 17.5 Å². The van der Waals surface area contributed by atoms with Crippen molar-refractivity contribution in [2.45, 2.75) is 45.7 Å². The summed E-state index contributed by atoms with van der Waals surface area (Å²) in [6.45, 7) is 10.6. The molecule has 6 rings (SSSR count). The third-order valence-corrected chi connectivity index (χ3v) is 9.76. The summed E-state index contributed by atoms with van der Waals surface area (Å²) in [7, 11) is -4.27. The molecule has 3 aromatic carbocycles. The molecule has 9 heteroatoms. The zero-order valence-electron chi connectivity index (χ0n) is 26.4. The number of thiazole rings is 1. The average molecular weight is 652 g/mol. The summed E-state index contributed by atoms with van der Waals surface area (Å²) in [6.07, 6.45) is 12.6. The van der Waals surface area contributed by atoms with E-state index >= 15 is 0 Å². The summed E-state index contributed by atoms with van der Waals surface area (Å²) in [5.74, 6) is 0. The standard InChI is InChI=1S/C30H30N3OS.C7H8O3S/c1-4-31-20-19-23(25-12-8-10-14-27(25)31)21-29-33(6-3)30(34)28(35-29)18-17-24-16-15-22-11-7-9-13-26(22)32(24)5-2;1-6-2-4-7(5-3-6)11(8,9)10/h7-21H,4-6H2,1-3H3;2-5H,1H3,(H,8,9,10)/q+1;/p-1. The minimum absolute atomic E-state index is 0.0627. The Morgan fingerprint density at radius 1 is 0.870 bits per heavy atom. The minimum atomic E-state index is -4.27. The molecule has 0 unspecified atom stereocenters. The maximum Gasteiger partial charge on any atom is 0.269 e. The van der Waals surface area contributed by atoms with Crippen LogP contribution in [0.15, 0.2) is 113 Å². The van der Waals surface area contributed by atoms with Gasteiger partial charge < -0.3 is 9.45 Å². The fraction of sp³-hybridized carbons (Fsp3) is 0.189. The summed E-state index contributed by atoms with van der Waals surface area (Å²) >= 11 is 1.55. The van der Waals surface area contributed by atoms with Gasteiger partial charge in [-0.05, 0) is 87.4 Å². The van der Waals surface area contributed by atoms with Crippen LogP contribution < -0.4 is 24.2 Å². The van der Waals surface area contributed by atoms with Crippen molar-refractivity contribution in [3.63, 3.8) is 0 Å². The zero-order chi connectivity index (χ0) is 32.8. The predicted octanol–water partition coefficient (Wildman–Crippen LogP) is 5.34. The highest BCUT2D eigenvalue weighted by atomic mass is 32.2. The molecule has 0 atom stereocenters. The molecule has 0 radical (unpaired) electrons. The first-order chi connectivity index (χ1) is 22.1. The Labute approximate surface area is 273 Å². The molecule has 1 aliphatic rings. The van der Waals surface area contributed by atoms with Gasteiger partial charge in [-0.15, -0.1) is 11.3 Å². The summed E-state index contributed by atoms with van der Waals surface area (Å²) in [5, 5.41) is 1.19. The topological polar surface area (TPSA) is 86.3 Å². The predicted molar refractivity (Wildman–Crippen MR) is 187 cm³/mol. The minimum Gasteiger partial charge on any atom is -0.744 e. The lowest BCUT2D eigenvalue weighted by molar-refractivity contribution is -0.667. The van der Waals surface area contributed by atoms with Crippen molar-refractivity contribution in [3.8, 4) is 0 Å². The van der Waals surface area contributed by atoms with E-state index in [0.717, 1.165) is 39.1 Å². The second-order valence-corrected chi connectivity index (χ2v) is 13.2. The van der Waals surface area contributed by atoms with E-state index in [4.69, 9.17) is 0 Å². The number of para-hydroxylation sites is 2. The number of rotatable bonds is 6. The van der Waals surface area contributed by atoms with Gasteiger partial charge >= 0.3 is 0 Å². The van der Waals surface area contributed by atoms with Crippen molar-refractivity contribution in [3.05, 3.63) is 139 Å². The highest BCUT2D eigenvalue weighted by Crippen LogP contribution is 2.30. The highest BCUT2D eigenvalue weighted by molar-refractivity contribution is 7.85. The normalized spacial score (nSPS) is 14.5. The first-order valence-corrected chi connectivity index (χ1v) is 17.5. The van der Waals surface area contributed by atoms with Gasteiger partial charge in [0.25, 0.3) is 5.56 Å². The van der Waals surface area contributed by atoms with E-state index in [1.807, 2.05) is 24.5 Å². The lowest BCUT2D eigenvalue weighted by atomic mass is 10.1. The van der Waals surface area contributed by atoms with Crippen LogP contribution in [0.2, 0.25) is 0 Å². The Morgan fingerprint density at radius 3 is 2.28 bits per heavy atom. The summed E-state index contributed by atoms with van der Waals surface area (Å²) in [5.41, 5.74) is 6.82. The van der Waals surface area contributed by atoms with Crippen molar-refractivity contribution in [2.75, 3.05) is 11.4 Å². The van der Waals surface area contributed by atoms with Crippen LogP contribution in [0.3, 0.4) is 0 Å². The maximum atomic E-state index is 13.3. The van der Waals surface area contributed by atoms with Crippen molar-refractivity contribution in [1.82, 2.24) is 4.57 Å². The largest absolute Gasteiger partial charge is 0.744 e. The molecule has 0 fully saturated rings. The lowest BCUT2D eigenvalue weighted by Gasteiger charge is -2.29. The van der Waals surface area contributed by atoms with Crippen LogP contribution in [0.1, 0.15) is 37.5 Å². The van der Waals surface area contributed by atoms with Gasteiger partial charge in [0.15, 0.2) is 6.20 Å². The van der Waals surface area contributed by atoms with E-state index < -0.39 is 10.1 Å². The number of benzene rings is 3. The number of likely N-dealkylation sites (N-methyl/N-ethyl adjacent to an activating group) is 1. The third-order valence-electron chi connectivity index (χ3n) is 7.84. The smallest absolute Gasteiger partial charge is 0.269 e. The van der Waals surface area contributed by atoms with E-state index in [2.05, 4.69) is 108 Å². The Bertz CT molecular complexity index is 2230. The molecule has 0 spiro atoms. The molecule has 0 amide bonds. The van der Waals surface area contributed by atoms with Gasteiger partial charge in [0.05, 0.1) is 19.5 Å². The van der Waals surface area contributed by atoms with Gasteiger partial charge in [-0.2, -0.15) is 4.57 Å². The fourth-order valence-electron chi connectivity index (χ4n) is 5.44. The van der Waals surface area contributed by atoms with E-state index in [1.165, 1.54) is 34.3 Å². The van der Waals surface area contributed by atoms with Crippen LogP contribution in [0.25, 0.3) is 29.1 Å². The quantitative estimate of drug-likeness (QED) is 0.183. The number of pyridine rings is 1. The number of allylic oxidation sites excluding steroid dienone is 2. The Kier molecular flexibility index (Phi) is 10.2. The van der Waals surface area contributed by atoms with Crippen molar-refractivity contribution in [2.24, 2.45) is 0 Å². The van der Waals surface area contributed by atoms with E-state index in [-0.39, 0.29) is 10.5 Å². The van der Waals surface area contributed by atoms with Gasteiger partial charge in [-0.3, -0.25) is 9.36 Å². The second-order valence-electron chi connectivity index (χ2n) is 10.7. The molecule has 1 aliphatic heterocycles. The van der Waals surface area contributed by atoms with Gasteiger partial charge in [0, 0.05) is 36.6 Å². The Morgan fingerprint density at radius 2 is 1.59 bits per heavy atom. The van der Waals surface area contributed by atoms with Crippen LogP contribution in [-0.2, 0) is 23.2 Å². The Balaban J connectivity index is 0.000000322. The molecule has 7 nitrogen and oxygen atoms in total. The molecule has 2 aromatic heterocycles. The second kappa shape index (κ2) is 14.2. The molecule has 236 valence electrons. The number of aryl methyl sites for hydroxylation is 2. The molecule has 46 heavy (non-hydrogen) atoms. The van der Waals surface area contributed by atoms with Crippen LogP contribution >= 0.6 is 11.3 Å². The van der Waals surface area contributed by atoms with Crippen molar-refractivity contribution in [1.29, 1.82) is 0 Å². The number of hydrogen-bond acceptors (Lipinski definition) is 6. The average Bonchev–Trinajstić information content (AvgIpc) is 3.36. The van der Waals surface area contributed by atoms with E-state index in [1.54, 1.807) is 23.5 Å². The molecule has 0 saturated heterocycles. The third kappa shape index (κ3) is 7.12. The number of nitrogens with zero attached hydrogens (tertiary/aromatic N) is 3. The molecule has 0 N–H and O–H groups in total. The molecule has 3 heterocycles. The van der Waals surface area contributed by atoms with Gasteiger partial charge in [-0.1, -0.05) is 54.1 Å². The Hall–Kier alpha value is -4.57. The maximum absolute atomic E-state index is 13.3. The lowest BCUT2D eigenvalue weighted by Crippen LogP contribution is -2.33. The summed E-state index contributed by atoms with van der Waals surface area (Å²) in [4.78, 5) is 15.4.